The predicted molar refractivity (Wildman–Crippen MR) is 78.1 cm³/mol. The summed E-state index contributed by atoms with van der Waals surface area (Å²) >= 11 is 3.25. The molecule has 0 unspecified atom stereocenters. The summed E-state index contributed by atoms with van der Waals surface area (Å²) in [6.07, 6.45) is 1.06. The predicted octanol–water partition coefficient (Wildman–Crippen LogP) is 3.89. The highest BCUT2D eigenvalue weighted by molar-refractivity contribution is 8.13. The molecule has 0 fully saturated rings. The first-order valence-electron chi connectivity index (χ1n) is 5.63. The average molecular weight is 269 g/mol. The number of carbonyl (C=O) groups is 1. The lowest BCUT2D eigenvalue weighted by Crippen LogP contribution is -2.16. The number of amides is 1. The van der Waals surface area contributed by atoms with Crippen molar-refractivity contribution >= 4 is 28.8 Å². The summed E-state index contributed by atoms with van der Waals surface area (Å²) in [5.41, 5.74) is 1.29. The van der Waals surface area contributed by atoms with Crippen molar-refractivity contribution in [3.05, 3.63) is 29.8 Å². The summed E-state index contributed by atoms with van der Waals surface area (Å²) in [6.45, 7) is 2.10. The van der Waals surface area contributed by atoms with Crippen LogP contribution in [0, 0.1) is 6.92 Å². The van der Waals surface area contributed by atoms with E-state index >= 15 is 0 Å². The molecule has 1 amide bonds. The first-order chi connectivity index (χ1) is 8.09. The van der Waals surface area contributed by atoms with Crippen molar-refractivity contribution in [2.45, 2.75) is 18.2 Å². The molecule has 2 nitrogen and oxygen atoms in total. The molecule has 0 heterocycles. The molecule has 0 aliphatic rings. The van der Waals surface area contributed by atoms with Crippen LogP contribution in [0.2, 0.25) is 0 Å². The van der Waals surface area contributed by atoms with E-state index in [0.717, 1.165) is 17.9 Å². The lowest BCUT2D eigenvalue weighted by atomic mass is 10.2. The molecule has 0 spiro atoms. The monoisotopic (exact) mass is 269 g/mol. The van der Waals surface area contributed by atoms with Crippen LogP contribution in [0.15, 0.2) is 29.2 Å². The van der Waals surface area contributed by atoms with Gasteiger partial charge in [-0.25, -0.2) is 0 Å². The second kappa shape index (κ2) is 7.67. The summed E-state index contributed by atoms with van der Waals surface area (Å²) in [7, 11) is 3.58. The molecular weight excluding hydrogens is 250 g/mol. The quantitative estimate of drug-likeness (QED) is 0.597. The van der Waals surface area contributed by atoms with Crippen molar-refractivity contribution in [3.8, 4) is 0 Å². The van der Waals surface area contributed by atoms with Gasteiger partial charge >= 0.3 is 0 Å². The van der Waals surface area contributed by atoms with E-state index in [1.807, 2.05) is 11.8 Å². The molecule has 0 saturated carbocycles. The molecule has 0 radical (unpaired) electrons. The third-order valence-corrected chi connectivity index (χ3v) is 4.37. The van der Waals surface area contributed by atoms with E-state index in [0.29, 0.717) is 0 Å². The standard InChI is InChI=1S/C13H19NOS2/c1-11-5-7-12(8-6-11)16-9-4-10-17-13(15)14(2)3/h5-8H,4,9-10H2,1-3H3. The Morgan fingerprint density at radius 1 is 1.18 bits per heavy atom. The third kappa shape index (κ3) is 6.03. The van der Waals surface area contributed by atoms with Gasteiger partial charge in [0.25, 0.3) is 5.24 Å². The molecule has 0 N–H and O–H groups in total. The normalized spacial score (nSPS) is 10.3. The molecule has 0 aliphatic heterocycles. The maximum atomic E-state index is 11.3. The van der Waals surface area contributed by atoms with E-state index in [2.05, 4.69) is 31.2 Å². The number of nitrogens with zero attached hydrogens (tertiary/aromatic N) is 1. The van der Waals surface area contributed by atoms with Crippen LogP contribution < -0.4 is 0 Å². The summed E-state index contributed by atoms with van der Waals surface area (Å²) < 4.78 is 0. The van der Waals surface area contributed by atoms with Crippen LogP contribution in [0.1, 0.15) is 12.0 Å². The Morgan fingerprint density at radius 3 is 2.41 bits per heavy atom. The number of aryl methyl sites for hydroxylation is 1. The number of hydrogen-bond donors (Lipinski definition) is 0. The van der Waals surface area contributed by atoms with E-state index in [1.54, 1.807) is 19.0 Å². The lowest BCUT2D eigenvalue weighted by Gasteiger charge is -2.08. The van der Waals surface area contributed by atoms with Crippen LogP contribution in [-0.2, 0) is 0 Å². The van der Waals surface area contributed by atoms with E-state index in [9.17, 15) is 4.79 Å². The molecule has 1 aromatic carbocycles. The van der Waals surface area contributed by atoms with Gasteiger partial charge in [0, 0.05) is 24.7 Å². The van der Waals surface area contributed by atoms with Gasteiger partial charge in [0.1, 0.15) is 0 Å². The van der Waals surface area contributed by atoms with Gasteiger partial charge in [-0.1, -0.05) is 29.5 Å². The van der Waals surface area contributed by atoms with Crippen molar-refractivity contribution in [1.29, 1.82) is 0 Å². The van der Waals surface area contributed by atoms with E-state index in [4.69, 9.17) is 0 Å². The van der Waals surface area contributed by atoms with E-state index < -0.39 is 0 Å². The molecule has 0 saturated heterocycles. The molecule has 17 heavy (non-hydrogen) atoms. The fourth-order valence-corrected chi connectivity index (χ4v) is 2.93. The van der Waals surface area contributed by atoms with Gasteiger partial charge in [0.15, 0.2) is 0 Å². The Kier molecular flexibility index (Phi) is 6.52. The molecule has 94 valence electrons. The molecule has 0 aromatic heterocycles. The number of benzene rings is 1. The van der Waals surface area contributed by atoms with Gasteiger partial charge in [0.2, 0.25) is 0 Å². The molecule has 1 rings (SSSR count). The Hall–Kier alpha value is -0.610. The SMILES string of the molecule is Cc1ccc(SCCCSC(=O)N(C)C)cc1. The van der Waals surface area contributed by atoms with Crippen LogP contribution in [0.4, 0.5) is 4.79 Å². The van der Waals surface area contributed by atoms with Crippen molar-refractivity contribution < 1.29 is 4.79 Å². The fourth-order valence-electron chi connectivity index (χ4n) is 1.17. The first-order valence-corrected chi connectivity index (χ1v) is 7.60. The average Bonchev–Trinajstić information content (AvgIpc) is 2.30. The number of hydrogen-bond acceptors (Lipinski definition) is 3. The second-order valence-corrected chi connectivity index (χ2v) is 6.24. The Bertz CT molecular complexity index is 349. The number of carbonyl (C=O) groups excluding carboxylic acids is 1. The maximum Gasteiger partial charge on any atom is 0.281 e. The number of rotatable bonds is 5. The Morgan fingerprint density at radius 2 is 1.82 bits per heavy atom. The van der Waals surface area contributed by atoms with Gasteiger partial charge in [-0.05, 0) is 31.2 Å². The summed E-state index contributed by atoms with van der Waals surface area (Å²) in [5.74, 6) is 1.96. The van der Waals surface area contributed by atoms with Gasteiger partial charge in [-0.15, -0.1) is 11.8 Å². The largest absolute Gasteiger partial charge is 0.340 e. The van der Waals surface area contributed by atoms with Gasteiger partial charge in [-0.2, -0.15) is 0 Å². The molecule has 4 heteroatoms. The Balaban J connectivity index is 2.12. The van der Waals surface area contributed by atoms with Crippen LogP contribution in [-0.4, -0.2) is 35.7 Å². The topological polar surface area (TPSA) is 20.3 Å². The van der Waals surface area contributed by atoms with Crippen LogP contribution >= 0.6 is 23.5 Å². The summed E-state index contributed by atoms with van der Waals surface area (Å²) in [6, 6.07) is 8.57. The van der Waals surface area contributed by atoms with Crippen molar-refractivity contribution in [2.24, 2.45) is 0 Å². The van der Waals surface area contributed by atoms with Gasteiger partial charge < -0.3 is 4.90 Å². The minimum Gasteiger partial charge on any atom is -0.340 e. The second-order valence-electron chi connectivity index (χ2n) is 4.02. The lowest BCUT2D eigenvalue weighted by molar-refractivity contribution is 0.241. The zero-order chi connectivity index (χ0) is 12.7. The highest BCUT2D eigenvalue weighted by Crippen LogP contribution is 2.20. The van der Waals surface area contributed by atoms with Crippen LogP contribution in [0.25, 0.3) is 0 Å². The Labute approximate surface area is 112 Å². The zero-order valence-electron chi connectivity index (χ0n) is 10.6. The zero-order valence-corrected chi connectivity index (χ0v) is 12.2. The van der Waals surface area contributed by atoms with Gasteiger partial charge in [-0.3, -0.25) is 4.79 Å². The summed E-state index contributed by atoms with van der Waals surface area (Å²) in [4.78, 5) is 14.2. The number of thioether (sulfide) groups is 2. The first kappa shape index (κ1) is 14.5. The van der Waals surface area contributed by atoms with Crippen molar-refractivity contribution in [2.75, 3.05) is 25.6 Å². The van der Waals surface area contributed by atoms with Crippen molar-refractivity contribution in [3.63, 3.8) is 0 Å². The molecule has 1 aromatic rings. The highest BCUT2D eigenvalue weighted by Gasteiger charge is 2.03. The minimum absolute atomic E-state index is 0.144. The molecule has 0 bridgehead atoms. The molecule has 0 aliphatic carbocycles. The molecular formula is C13H19NOS2. The van der Waals surface area contributed by atoms with Crippen LogP contribution in [0.3, 0.4) is 0 Å². The molecule has 0 atom stereocenters. The van der Waals surface area contributed by atoms with Crippen molar-refractivity contribution in [1.82, 2.24) is 4.90 Å². The summed E-state index contributed by atoms with van der Waals surface area (Å²) in [5, 5.41) is 0.144. The minimum atomic E-state index is 0.144. The van der Waals surface area contributed by atoms with Crippen LogP contribution in [0.5, 0.6) is 0 Å². The van der Waals surface area contributed by atoms with E-state index in [-0.39, 0.29) is 5.24 Å². The highest BCUT2D eigenvalue weighted by atomic mass is 32.2. The maximum absolute atomic E-state index is 11.3. The smallest absolute Gasteiger partial charge is 0.281 e. The van der Waals surface area contributed by atoms with Gasteiger partial charge in [0.05, 0.1) is 0 Å². The third-order valence-electron chi connectivity index (χ3n) is 2.17. The fraction of sp³-hybridized carbons (Fsp3) is 0.462. The van der Waals surface area contributed by atoms with E-state index in [1.165, 1.54) is 22.2 Å².